The van der Waals surface area contributed by atoms with Crippen LogP contribution in [0.25, 0.3) is 0 Å². The van der Waals surface area contributed by atoms with Crippen LogP contribution in [0.5, 0.6) is 0 Å². The first kappa shape index (κ1) is 16.7. The third-order valence-corrected chi connectivity index (χ3v) is 3.88. The van der Waals surface area contributed by atoms with Crippen LogP contribution in [-0.4, -0.2) is 24.2 Å². The highest BCUT2D eigenvalue weighted by molar-refractivity contribution is 6.44. The maximum atomic E-state index is 12.4. The van der Waals surface area contributed by atoms with Gasteiger partial charge in [-0.3, -0.25) is 4.79 Å². The molecule has 2 aromatic carbocycles. The number of amides is 1. The van der Waals surface area contributed by atoms with Gasteiger partial charge in [-0.15, -0.1) is 0 Å². The largest absolute Gasteiger partial charge is 0.461 e. The lowest BCUT2D eigenvalue weighted by Gasteiger charge is -2.12. The lowest BCUT2D eigenvalue weighted by atomic mass is 9.95. The van der Waals surface area contributed by atoms with Gasteiger partial charge in [0.15, 0.2) is 5.71 Å². The third kappa shape index (κ3) is 3.68. The zero-order valence-electron chi connectivity index (χ0n) is 13.9. The molecule has 0 radical (unpaired) electrons. The van der Waals surface area contributed by atoms with E-state index >= 15 is 0 Å². The van der Waals surface area contributed by atoms with E-state index in [1.54, 1.807) is 13.0 Å². The van der Waals surface area contributed by atoms with E-state index in [2.05, 4.69) is 15.8 Å². The average molecular weight is 337 g/mol. The third-order valence-electron chi connectivity index (χ3n) is 3.88. The summed E-state index contributed by atoms with van der Waals surface area (Å²) in [6.45, 7) is 2.38. The predicted octanol–water partition coefficient (Wildman–Crippen LogP) is 2.43. The molecule has 1 amide bonds. The Morgan fingerprint density at radius 1 is 1.16 bits per heavy atom. The van der Waals surface area contributed by atoms with Crippen molar-refractivity contribution in [1.82, 2.24) is 5.43 Å². The predicted molar refractivity (Wildman–Crippen MR) is 95.2 cm³/mol. The number of nitrogens with zero attached hydrogens (tertiary/aromatic N) is 1. The second-order valence-electron chi connectivity index (χ2n) is 5.55. The molecule has 0 saturated heterocycles. The van der Waals surface area contributed by atoms with E-state index in [4.69, 9.17) is 4.74 Å². The van der Waals surface area contributed by atoms with Gasteiger partial charge in [-0.25, -0.2) is 4.79 Å². The first-order valence-corrected chi connectivity index (χ1v) is 8.12. The van der Waals surface area contributed by atoms with E-state index in [9.17, 15) is 9.59 Å². The Kier molecular flexibility index (Phi) is 5.09. The Labute approximate surface area is 145 Å². The molecule has 0 aliphatic carbocycles. The van der Waals surface area contributed by atoms with Crippen LogP contribution in [0.1, 0.15) is 24.0 Å². The van der Waals surface area contributed by atoms with Crippen molar-refractivity contribution >= 4 is 23.3 Å². The molecule has 0 bridgehead atoms. The second-order valence-corrected chi connectivity index (χ2v) is 5.55. The maximum absolute atomic E-state index is 12.4. The molecular weight excluding hydrogens is 318 g/mol. The number of fused-ring (bicyclic) bond motifs is 1. The number of anilines is 1. The van der Waals surface area contributed by atoms with Crippen LogP contribution in [0.15, 0.2) is 59.7 Å². The van der Waals surface area contributed by atoms with Crippen LogP contribution in [-0.2, 0) is 20.9 Å². The Morgan fingerprint density at radius 3 is 2.64 bits per heavy atom. The molecule has 3 rings (SSSR count). The molecule has 128 valence electrons. The van der Waals surface area contributed by atoms with Gasteiger partial charge in [0.2, 0.25) is 5.91 Å². The molecule has 0 fully saturated rings. The highest BCUT2D eigenvalue weighted by Crippen LogP contribution is 2.33. The lowest BCUT2D eigenvalue weighted by molar-refractivity contribution is -0.135. The lowest BCUT2D eigenvalue weighted by Crippen LogP contribution is -2.31. The van der Waals surface area contributed by atoms with Crippen molar-refractivity contribution in [3.05, 3.63) is 65.7 Å². The molecule has 6 nitrogen and oxygen atoms in total. The molecule has 2 aromatic rings. The minimum Gasteiger partial charge on any atom is -0.461 e. The number of carbonyl (C=O) groups excluding carboxylic acids is 2. The van der Waals surface area contributed by atoms with Crippen LogP contribution < -0.4 is 10.7 Å². The van der Waals surface area contributed by atoms with Gasteiger partial charge in [0.05, 0.1) is 13.2 Å². The smallest absolute Gasteiger partial charge is 0.355 e. The van der Waals surface area contributed by atoms with E-state index in [1.807, 2.05) is 48.5 Å². The van der Waals surface area contributed by atoms with E-state index in [1.165, 1.54) is 0 Å². The molecule has 0 saturated carbocycles. The summed E-state index contributed by atoms with van der Waals surface area (Å²) in [5.74, 6) is -1.66. The molecular formula is C19H19N3O3. The van der Waals surface area contributed by atoms with Crippen molar-refractivity contribution in [3.63, 3.8) is 0 Å². The van der Waals surface area contributed by atoms with Gasteiger partial charge in [0, 0.05) is 5.69 Å². The van der Waals surface area contributed by atoms with Gasteiger partial charge >= 0.3 is 5.97 Å². The first-order valence-electron chi connectivity index (χ1n) is 8.12. The topological polar surface area (TPSA) is 79.8 Å². The number of carbonyl (C=O) groups is 2. The maximum Gasteiger partial charge on any atom is 0.355 e. The quantitative estimate of drug-likeness (QED) is 0.482. The number of nitrogens with one attached hydrogen (secondary N) is 2. The van der Waals surface area contributed by atoms with Crippen molar-refractivity contribution in [3.8, 4) is 0 Å². The minimum absolute atomic E-state index is 0.0558. The molecule has 25 heavy (non-hydrogen) atoms. The number of rotatable bonds is 6. The van der Waals surface area contributed by atoms with Gasteiger partial charge in [-0.2, -0.15) is 5.10 Å². The molecule has 1 heterocycles. The number of para-hydroxylation sites is 1. The van der Waals surface area contributed by atoms with Crippen LogP contribution in [0.2, 0.25) is 0 Å². The van der Waals surface area contributed by atoms with Gasteiger partial charge in [0.25, 0.3) is 0 Å². The summed E-state index contributed by atoms with van der Waals surface area (Å²) in [7, 11) is 0. The fourth-order valence-corrected chi connectivity index (χ4v) is 2.73. The fourth-order valence-electron chi connectivity index (χ4n) is 2.73. The Hall–Kier alpha value is -3.15. The van der Waals surface area contributed by atoms with Crippen molar-refractivity contribution in [2.24, 2.45) is 5.10 Å². The molecule has 1 aliphatic rings. The van der Waals surface area contributed by atoms with Gasteiger partial charge < -0.3 is 15.5 Å². The Bertz CT molecular complexity index is 803. The van der Waals surface area contributed by atoms with E-state index in [0.29, 0.717) is 12.2 Å². The summed E-state index contributed by atoms with van der Waals surface area (Å²) < 4.78 is 5.09. The SMILES string of the molecule is CCOC(=O)/C(=N\NCc1ccccc1)C1C(=O)Nc2ccccc21. The fraction of sp³-hybridized carbons (Fsp3) is 0.211. The molecule has 6 heteroatoms. The van der Waals surface area contributed by atoms with E-state index in [-0.39, 0.29) is 18.2 Å². The zero-order chi connectivity index (χ0) is 17.6. The van der Waals surface area contributed by atoms with Gasteiger partial charge in [0.1, 0.15) is 5.92 Å². The van der Waals surface area contributed by atoms with Crippen molar-refractivity contribution in [2.75, 3.05) is 11.9 Å². The van der Waals surface area contributed by atoms with Crippen molar-refractivity contribution in [1.29, 1.82) is 0 Å². The number of hydrogen-bond acceptors (Lipinski definition) is 5. The summed E-state index contributed by atoms with van der Waals surface area (Å²) >= 11 is 0. The highest BCUT2D eigenvalue weighted by atomic mass is 16.5. The summed E-state index contributed by atoms with van der Waals surface area (Å²) in [6.07, 6.45) is 0. The Morgan fingerprint density at radius 2 is 1.88 bits per heavy atom. The minimum atomic E-state index is -0.779. The van der Waals surface area contributed by atoms with Crippen LogP contribution in [0.3, 0.4) is 0 Å². The molecule has 0 aromatic heterocycles. The monoisotopic (exact) mass is 337 g/mol. The van der Waals surface area contributed by atoms with E-state index in [0.717, 1.165) is 11.1 Å². The van der Waals surface area contributed by atoms with Crippen molar-refractivity contribution in [2.45, 2.75) is 19.4 Å². The highest BCUT2D eigenvalue weighted by Gasteiger charge is 2.38. The number of hydrazone groups is 1. The summed E-state index contributed by atoms with van der Waals surface area (Å²) in [5.41, 5.74) is 5.37. The molecule has 1 atom stereocenters. The first-order chi connectivity index (χ1) is 12.2. The summed E-state index contributed by atoms with van der Waals surface area (Å²) in [6, 6.07) is 16.9. The molecule has 0 spiro atoms. The van der Waals surface area contributed by atoms with Crippen LogP contribution in [0, 0.1) is 0 Å². The molecule has 1 aliphatic heterocycles. The van der Waals surface area contributed by atoms with Crippen LogP contribution >= 0.6 is 0 Å². The zero-order valence-corrected chi connectivity index (χ0v) is 13.9. The number of hydrogen-bond donors (Lipinski definition) is 2. The summed E-state index contributed by atoms with van der Waals surface area (Å²) in [4.78, 5) is 24.7. The number of benzene rings is 2. The molecule has 2 N–H and O–H groups in total. The van der Waals surface area contributed by atoms with Crippen molar-refractivity contribution < 1.29 is 14.3 Å². The molecule has 1 unspecified atom stereocenters. The van der Waals surface area contributed by atoms with Crippen LogP contribution in [0.4, 0.5) is 5.69 Å². The van der Waals surface area contributed by atoms with E-state index < -0.39 is 11.9 Å². The second kappa shape index (κ2) is 7.61. The standard InChI is InChI=1S/C19H19N3O3/c1-2-25-19(24)17(22-20-12-13-8-4-3-5-9-13)16-14-10-6-7-11-15(14)21-18(16)23/h3-11,16,20H,2,12H2,1H3,(H,21,23)/b22-17-. The number of esters is 1. The average Bonchev–Trinajstić information content (AvgIpc) is 2.95. The van der Waals surface area contributed by atoms with Gasteiger partial charge in [-0.1, -0.05) is 48.5 Å². The number of ether oxygens (including phenoxy) is 1. The normalized spacial score (nSPS) is 16.1. The summed E-state index contributed by atoms with van der Waals surface area (Å²) in [5, 5.41) is 6.98. The van der Waals surface area contributed by atoms with Gasteiger partial charge in [-0.05, 0) is 24.1 Å². The Balaban J connectivity index is 1.86.